The van der Waals surface area contributed by atoms with Gasteiger partial charge in [-0.05, 0) is 38.5 Å². The van der Waals surface area contributed by atoms with Gasteiger partial charge in [0.15, 0.2) is 0 Å². The van der Waals surface area contributed by atoms with Gasteiger partial charge in [0.2, 0.25) is 0 Å². The Morgan fingerprint density at radius 2 is 2.15 bits per heavy atom. The molecule has 5 heteroatoms. The largest absolute Gasteiger partial charge is 0.397 e. The Labute approximate surface area is 128 Å². The minimum absolute atomic E-state index is 0.113. The summed E-state index contributed by atoms with van der Waals surface area (Å²) in [5.41, 5.74) is 6.37. The standard InChI is InChI=1S/C15H19ClN2OS/c1-4-7-15(2,3)18-14(19)13-12(17)10-8-9(16)5-6-11(10)20-13/h5-6,8H,4,7,17H2,1-3H3,(H,18,19). The van der Waals surface area contributed by atoms with Crippen LogP contribution in [-0.4, -0.2) is 11.4 Å². The highest BCUT2D eigenvalue weighted by molar-refractivity contribution is 7.21. The maximum atomic E-state index is 12.4. The Balaban J connectivity index is 2.33. The number of hydrogen-bond donors (Lipinski definition) is 2. The first-order chi connectivity index (χ1) is 9.34. The summed E-state index contributed by atoms with van der Waals surface area (Å²) in [6, 6.07) is 5.51. The summed E-state index contributed by atoms with van der Waals surface area (Å²) in [7, 11) is 0. The molecule has 0 aliphatic carbocycles. The molecule has 3 nitrogen and oxygen atoms in total. The zero-order valence-electron chi connectivity index (χ0n) is 11.9. The van der Waals surface area contributed by atoms with Crippen molar-refractivity contribution >= 4 is 44.6 Å². The van der Waals surface area contributed by atoms with Crippen molar-refractivity contribution in [3.63, 3.8) is 0 Å². The molecule has 0 radical (unpaired) electrons. The van der Waals surface area contributed by atoms with E-state index >= 15 is 0 Å². The van der Waals surface area contributed by atoms with Gasteiger partial charge < -0.3 is 11.1 Å². The van der Waals surface area contributed by atoms with Crippen molar-refractivity contribution in [2.45, 2.75) is 39.2 Å². The number of nitrogens with two attached hydrogens (primary N) is 1. The van der Waals surface area contributed by atoms with Crippen LogP contribution >= 0.6 is 22.9 Å². The second-order valence-electron chi connectivity index (χ2n) is 5.57. The van der Waals surface area contributed by atoms with Gasteiger partial charge in [-0.3, -0.25) is 4.79 Å². The summed E-state index contributed by atoms with van der Waals surface area (Å²) in [6.45, 7) is 6.15. The Kier molecular flexibility index (Phi) is 4.25. The molecule has 0 atom stereocenters. The molecule has 0 aliphatic rings. The molecule has 1 amide bonds. The molecule has 0 fully saturated rings. The smallest absolute Gasteiger partial charge is 0.263 e. The molecule has 0 aliphatic heterocycles. The van der Waals surface area contributed by atoms with E-state index in [0.29, 0.717) is 15.6 Å². The molecule has 1 aromatic heterocycles. The van der Waals surface area contributed by atoms with Crippen LogP contribution in [0.3, 0.4) is 0 Å². The summed E-state index contributed by atoms with van der Waals surface area (Å²) in [5, 5.41) is 4.52. The van der Waals surface area contributed by atoms with E-state index < -0.39 is 0 Å². The highest BCUT2D eigenvalue weighted by Gasteiger charge is 2.23. The summed E-state index contributed by atoms with van der Waals surface area (Å²) >= 11 is 7.38. The zero-order chi connectivity index (χ0) is 14.9. The molecule has 1 heterocycles. The lowest BCUT2D eigenvalue weighted by Crippen LogP contribution is -2.43. The molecule has 0 bridgehead atoms. The van der Waals surface area contributed by atoms with E-state index in [1.54, 1.807) is 6.07 Å². The van der Waals surface area contributed by atoms with Crippen LogP contribution in [0.1, 0.15) is 43.3 Å². The normalized spacial score (nSPS) is 11.8. The Morgan fingerprint density at radius 3 is 2.80 bits per heavy atom. The van der Waals surface area contributed by atoms with E-state index in [2.05, 4.69) is 12.2 Å². The number of fused-ring (bicyclic) bond motifs is 1. The molecular formula is C15H19ClN2OS. The molecule has 108 valence electrons. The van der Waals surface area contributed by atoms with Crippen molar-refractivity contribution < 1.29 is 4.79 Å². The number of anilines is 1. The van der Waals surface area contributed by atoms with E-state index in [4.69, 9.17) is 17.3 Å². The molecule has 0 unspecified atom stereocenters. The summed E-state index contributed by atoms with van der Waals surface area (Å²) < 4.78 is 0.977. The highest BCUT2D eigenvalue weighted by Crippen LogP contribution is 2.35. The first-order valence-electron chi connectivity index (χ1n) is 6.64. The van der Waals surface area contributed by atoms with Crippen molar-refractivity contribution in [2.75, 3.05) is 5.73 Å². The van der Waals surface area contributed by atoms with Crippen LogP contribution in [0.5, 0.6) is 0 Å². The molecule has 0 saturated heterocycles. The van der Waals surface area contributed by atoms with Gasteiger partial charge >= 0.3 is 0 Å². The second-order valence-corrected chi connectivity index (χ2v) is 7.06. The SMILES string of the molecule is CCCC(C)(C)NC(=O)c1sc2ccc(Cl)cc2c1N. The van der Waals surface area contributed by atoms with Crippen molar-refractivity contribution in [3.8, 4) is 0 Å². The van der Waals surface area contributed by atoms with Gasteiger partial charge in [0, 0.05) is 20.6 Å². The van der Waals surface area contributed by atoms with E-state index in [-0.39, 0.29) is 11.4 Å². The third-order valence-corrected chi connectivity index (χ3v) is 4.64. The lowest BCUT2D eigenvalue weighted by molar-refractivity contribution is 0.0914. The van der Waals surface area contributed by atoms with Crippen molar-refractivity contribution in [1.29, 1.82) is 0 Å². The number of amides is 1. The molecular weight excluding hydrogens is 292 g/mol. The van der Waals surface area contributed by atoms with Crippen molar-refractivity contribution in [2.24, 2.45) is 0 Å². The summed E-state index contributed by atoms with van der Waals surface area (Å²) in [6.07, 6.45) is 1.94. The van der Waals surface area contributed by atoms with Gasteiger partial charge in [-0.15, -0.1) is 11.3 Å². The Bertz CT molecular complexity index is 649. The third kappa shape index (κ3) is 3.07. The van der Waals surface area contributed by atoms with Crippen LogP contribution < -0.4 is 11.1 Å². The predicted octanol–water partition coefficient (Wildman–Crippen LogP) is 4.45. The van der Waals surface area contributed by atoms with E-state index in [0.717, 1.165) is 22.9 Å². The molecule has 2 aromatic rings. The fourth-order valence-electron chi connectivity index (χ4n) is 2.31. The molecule has 1 aromatic carbocycles. The number of benzene rings is 1. The van der Waals surface area contributed by atoms with Crippen LogP contribution in [0.25, 0.3) is 10.1 Å². The zero-order valence-corrected chi connectivity index (χ0v) is 13.5. The number of rotatable bonds is 4. The number of nitrogen functional groups attached to an aromatic ring is 1. The average Bonchev–Trinajstić information content (AvgIpc) is 2.66. The lowest BCUT2D eigenvalue weighted by Gasteiger charge is -2.25. The minimum atomic E-state index is -0.230. The molecule has 20 heavy (non-hydrogen) atoms. The fraction of sp³-hybridized carbons (Fsp3) is 0.400. The Hall–Kier alpha value is -1.26. The maximum Gasteiger partial charge on any atom is 0.263 e. The number of halogens is 1. The molecule has 0 spiro atoms. The third-order valence-electron chi connectivity index (χ3n) is 3.22. The maximum absolute atomic E-state index is 12.4. The summed E-state index contributed by atoms with van der Waals surface area (Å²) in [4.78, 5) is 13.0. The first-order valence-corrected chi connectivity index (χ1v) is 7.83. The van der Waals surface area contributed by atoms with Crippen LogP contribution in [-0.2, 0) is 0 Å². The quantitative estimate of drug-likeness (QED) is 0.876. The number of carbonyl (C=O) groups excluding carboxylic acids is 1. The number of nitrogens with one attached hydrogen (secondary N) is 1. The van der Waals surface area contributed by atoms with Gasteiger partial charge in [0.05, 0.1) is 5.69 Å². The van der Waals surface area contributed by atoms with Gasteiger partial charge in [-0.25, -0.2) is 0 Å². The number of hydrogen-bond acceptors (Lipinski definition) is 3. The van der Waals surface area contributed by atoms with Gasteiger partial charge in [0.25, 0.3) is 5.91 Å². The molecule has 0 saturated carbocycles. The predicted molar refractivity (Wildman–Crippen MR) is 87.7 cm³/mol. The van der Waals surface area contributed by atoms with Gasteiger partial charge in [-0.1, -0.05) is 24.9 Å². The highest BCUT2D eigenvalue weighted by atomic mass is 35.5. The van der Waals surface area contributed by atoms with E-state index in [9.17, 15) is 4.79 Å². The van der Waals surface area contributed by atoms with Gasteiger partial charge in [-0.2, -0.15) is 0 Å². The van der Waals surface area contributed by atoms with Gasteiger partial charge in [0.1, 0.15) is 4.88 Å². The number of carbonyl (C=O) groups is 1. The average molecular weight is 311 g/mol. The van der Waals surface area contributed by atoms with Crippen LogP contribution in [0.4, 0.5) is 5.69 Å². The lowest BCUT2D eigenvalue weighted by atomic mass is 9.99. The van der Waals surface area contributed by atoms with Crippen molar-refractivity contribution in [1.82, 2.24) is 5.32 Å². The number of thiophene rings is 1. The molecule has 2 rings (SSSR count). The van der Waals surface area contributed by atoms with Crippen molar-refractivity contribution in [3.05, 3.63) is 28.1 Å². The second kappa shape index (κ2) is 5.62. The van der Waals surface area contributed by atoms with E-state index in [1.165, 1.54) is 11.3 Å². The van der Waals surface area contributed by atoms with Crippen LogP contribution in [0, 0.1) is 0 Å². The van der Waals surface area contributed by atoms with Crippen LogP contribution in [0.15, 0.2) is 18.2 Å². The Morgan fingerprint density at radius 1 is 1.45 bits per heavy atom. The topological polar surface area (TPSA) is 55.1 Å². The fourth-order valence-corrected chi connectivity index (χ4v) is 3.48. The van der Waals surface area contributed by atoms with E-state index in [1.807, 2.05) is 26.0 Å². The van der Waals surface area contributed by atoms with Crippen LogP contribution in [0.2, 0.25) is 5.02 Å². The summed E-state index contributed by atoms with van der Waals surface area (Å²) in [5.74, 6) is -0.113. The minimum Gasteiger partial charge on any atom is -0.397 e. The first kappa shape index (κ1) is 15.1. The monoisotopic (exact) mass is 310 g/mol. The molecule has 3 N–H and O–H groups in total.